The highest BCUT2D eigenvalue weighted by atomic mass is 32.1. The van der Waals surface area contributed by atoms with Crippen LogP contribution in [0.5, 0.6) is 17.2 Å². The number of ether oxygens (including phenoxy) is 3. The maximum atomic E-state index is 6.21. The summed E-state index contributed by atoms with van der Waals surface area (Å²) in [5.41, 5.74) is 7.85. The molecule has 0 saturated heterocycles. The molecular formula is C41H50N4O3S4. The fourth-order valence-corrected chi connectivity index (χ4v) is 7.93. The summed E-state index contributed by atoms with van der Waals surface area (Å²) in [6.07, 6.45) is 6.59. The predicted molar refractivity (Wildman–Crippen MR) is 218 cm³/mol. The van der Waals surface area contributed by atoms with Crippen LogP contribution < -0.4 is 14.2 Å². The molecule has 0 saturated carbocycles. The van der Waals surface area contributed by atoms with Crippen LogP contribution in [0.1, 0.15) is 92.6 Å². The highest BCUT2D eigenvalue weighted by Crippen LogP contribution is 2.31. The Bertz CT molecular complexity index is 1980. The van der Waals surface area contributed by atoms with Crippen LogP contribution in [-0.2, 0) is 39.1 Å². The molecule has 4 aromatic heterocycles. The third-order valence-corrected chi connectivity index (χ3v) is 11.8. The predicted octanol–water partition coefficient (Wildman–Crippen LogP) is 11.6. The van der Waals surface area contributed by atoms with Gasteiger partial charge in [0.25, 0.3) is 0 Å². The summed E-state index contributed by atoms with van der Waals surface area (Å²) in [5, 5.41) is 12.6. The molecule has 0 fully saturated rings. The molecule has 0 aliphatic carbocycles. The molecule has 1 unspecified atom stereocenters. The molecule has 0 spiro atoms. The number of thiazole rings is 4. The number of unbranched alkanes of at least 4 members (excludes halogenated alkanes) is 1. The van der Waals surface area contributed by atoms with E-state index in [-0.39, 0.29) is 0 Å². The molecule has 1 atom stereocenters. The minimum Gasteiger partial charge on any atom is -0.487 e. The molecule has 0 aliphatic heterocycles. The van der Waals surface area contributed by atoms with Crippen LogP contribution in [0.4, 0.5) is 0 Å². The van der Waals surface area contributed by atoms with Crippen LogP contribution in [0.25, 0.3) is 0 Å². The van der Waals surface area contributed by atoms with Gasteiger partial charge in [0, 0.05) is 21.5 Å². The Morgan fingerprint density at radius 1 is 0.538 bits per heavy atom. The lowest BCUT2D eigenvalue weighted by Gasteiger charge is -2.14. The average Bonchev–Trinajstić information content (AvgIpc) is 3.94. The van der Waals surface area contributed by atoms with E-state index in [0.717, 1.165) is 92.9 Å². The molecule has 0 radical (unpaired) electrons. The van der Waals surface area contributed by atoms with E-state index in [1.807, 2.05) is 37.6 Å². The van der Waals surface area contributed by atoms with Crippen LogP contribution in [0.2, 0.25) is 0 Å². The first-order chi connectivity index (χ1) is 25.1. The fraction of sp³-hybridized carbons (Fsp3) is 0.415. The van der Waals surface area contributed by atoms with E-state index < -0.39 is 0 Å². The van der Waals surface area contributed by atoms with Crippen LogP contribution in [-0.4, -0.2) is 19.9 Å². The average molecular weight is 775 g/mol. The number of hydrogen-bond donors (Lipinski definition) is 0. The zero-order valence-electron chi connectivity index (χ0n) is 31.4. The minimum atomic E-state index is 0.419. The quantitative estimate of drug-likeness (QED) is 0.0854. The van der Waals surface area contributed by atoms with Gasteiger partial charge >= 0.3 is 0 Å². The van der Waals surface area contributed by atoms with Gasteiger partial charge in [-0.1, -0.05) is 38.5 Å². The maximum absolute atomic E-state index is 6.21. The second-order valence-electron chi connectivity index (χ2n) is 13.1. The van der Waals surface area contributed by atoms with Gasteiger partial charge in [0.1, 0.15) is 25.6 Å². The largest absolute Gasteiger partial charge is 0.487 e. The van der Waals surface area contributed by atoms with Gasteiger partial charge in [-0.15, -0.1) is 45.3 Å². The number of aromatic nitrogens is 4. The summed E-state index contributed by atoms with van der Waals surface area (Å²) >= 11 is 6.66. The molecule has 0 bridgehead atoms. The summed E-state index contributed by atoms with van der Waals surface area (Å²) in [6.45, 7) is 16.0. The molecule has 0 aliphatic rings. The van der Waals surface area contributed by atoms with E-state index in [2.05, 4.69) is 88.7 Å². The number of hydrogen-bond acceptors (Lipinski definition) is 11. The number of rotatable bonds is 17. The second-order valence-corrected chi connectivity index (χ2v) is 17.4. The Kier molecular flexibility index (Phi) is 15.2. The highest BCUT2D eigenvalue weighted by molar-refractivity contribution is 7.10. The molecule has 7 nitrogen and oxygen atoms in total. The van der Waals surface area contributed by atoms with Crippen LogP contribution in [0, 0.1) is 40.5 Å². The Hall–Kier alpha value is -3.64. The number of nitrogens with zero attached hydrogens (tertiary/aromatic N) is 4. The normalized spacial score (nSPS) is 11.6. The molecule has 4 heterocycles. The topological polar surface area (TPSA) is 79.3 Å². The fourth-order valence-electron chi connectivity index (χ4n) is 5.51. The summed E-state index contributed by atoms with van der Waals surface area (Å²) in [7, 11) is 0. The van der Waals surface area contributed by atoms with E-state index in [1.165, 1.54) is 28.2 Å². The van der Waals surface area contributed by atoms with Gasteiger partial charge in [0.15, 0.2) is 11.5 Å². The number of aryl methyl sites for hydroxylation is 7. The standard InChI is InChI=1S/C32H35N3O3S3.C9H15NS/c1-21-13-25(9-11-30(21)36-15-27-18-39-22(2)33-27)7-5-6-8-26-10-12-31(37-16-28-19-40-23(3)34-28)32(14-26)38-17-29-20-41-24(4)35-29;1-4-7(2)5-9-6-11-8(3)10-9/h9-14,18-20H,5-8,15-17H2,1-4H3;6-7H,4-5H2,1-3H3. The van der Waals surface area contributed by atoms with Crippen LogP contribution >= 0.6 is 45.3 Å². The second kappa shape index (κ2) is 20.0. The molecule has 6 rings (SSSR count). The smallest absolute Gasteiger partial charge is 0.162 e. The molecule has 0 N–H and O–H groups in total. The molecule has 276 valence electrons. The van der Waals surface area contributed by atoms with Gasteiger partial charge in [-0.2, -0.15) is 0 Å². The van der Waals surface area contributed by atoms with Crippen LogP contribution in [0.15, 0.2) is 57.9 Å². The van der Waals surface area contributed by atoms with Crippen molar-refractivity contribution in [2.75, 3.05) is 0 Å². The van der Waals surface area contributed by atoms with Crippen molar-refractivity contribution in [3.05, 3.63) is 117 Å². The lowest BCUT2D eigenvalue weighted by atomic mass is 10.0. The van der Waals surface area contributed by atoms with Gasteiger partial charge < -0.3 is 14.2 Å². The molecule has 52 heavy (non-hydrogen) atoms. The Labute approximate surface area is 325 Å². The first kappa shape index (κ1) is 39.6. The Morgan fingerprint density at radius 3 is 1.40 bits per heavy atom. The first-order valence-corrected chi connectivity index (χ1v) is 21.4. The summed E-state index contributed by atoms with van der Waals surface area (Å²) in [4.78, 5) is 17.9. The SMILES string of the molecule is CCC(C)Cc1csc(C)n1.Cc1nc(COc2ccc(CCCCc3ccc(OCc4csc(C)n4)c(OCc4csc(C)n4)c3)cc2C)cs1. The van der Waals surface area contributed by atoms with Gasteiger partial charge in [-0.25, -0.2) is 19.9 Å². The van der Waals surface area contributed by atoms with E-state index in [9.17, 15) is 0 Å². The van der Waals surface area contributed by atoms with E-state index in [0.29, 0.717) is 19.8 Å². The zero-order chi connectivity index (χ0) is 36.9. The van der Waals surface area contributed by atoms with Crippen LogP contribution in [0.3, 0.4) is 0 Å². The summed E-state index contributed by atoms with van der Waals surface area (Å²) < 4.78 is 18.3. The van der Waals surface area contributed by atoms with Crippen molar-refractivity contribution in [1.82, 2.24) is 19.9 Å². The number of benzene rings is 2. The Morgan fingerprint density at radius 2 is 0.962 bits per heavy atom. The van der Waals surface area contributed by atoms with Crippen molar-refractivity contribution < 1.29 is 14.2 Å². The van der Waals surface area contributed by atoms with E-state index in [4.69, 9.17) is 14.2 Å². The third kappa shape index (κ3) is 12.8. The van der Waals surface area contributed by atoms with Gasteiger partial charge in [-0.3, -0.25) is 0 Å². The highest BCUT2D eigenvalue weighted by Gasteiger charge is 2.11. The molecular weight excluding hydrogens is 725 g/mol. The monoisotopic (exact) mass is 774 g/mol. The zero-order valence-corrected chi connectivity index (χ0v) is 34.6. The lowest BCUT2D eigenvalue weighted by Crippen LogP contribution is -2.02. The third-order valence-electron chi connectivity index (χ3n) is 8.48. The minimum absolute atomic E-state index is 0.419. The van der Waals surface area contributed by atoms with Gasteiger partial charge in [0.2, 0.25) is 0 Å². The van der Waals surface area contributed by atoms with E-state index in [1.54, 1.807) is 45.3 Å². The van der Waals surface area contributed by atoms with Crippen molar-refractivity contribution in [2.24, 2.45) is 5.92 Å². The maximum Gasteiger partial charge on any atom is 0.162 e. The van der Waals surface area contributed by atoms with Crippen molar-refractivity contribution in [3.63, 3.8) is 0 Å². The first-order valence-electron chi connectivity index (χ1n) is 17.9. The molecule has 11 heteroatoms. The van der Waals surface area contributed by atoms with Crippen molar-refractivity contribution >= 4 is 45.3 Å². The lowest BCUT2D eigenvalue weighted by molar-refractivity contribution is 0.252. The van der Waals surface area contributed by atoms with Gasteiger partial charge in [0.05, 0.1) is 42.8 Å². The van der Waals surface area contributed by atoms with Crippen molar-refractivity contribution in [1.29, 1.82) is 0 Å². The molecule has 6 aromatic rings. The Balaban J connectivity index is 0.000000407. The van der Waals surface area contributed by atoms with Crippen molar-refractivity contribution in [2.45, 2.75) is 107 Å². The van der Waals surface area contributed by atoms with E-state index >= 15 is 0 Å². The molecule has 2 aromatic carbocycles. The van der Waals surface area contributed by atoms with Crippen molar-refractivity contribution in [3.8, 4) is 17.2 Å². The van der Waals surface area contributed by atoms with Gasteiger partial charge in [-0.05, 0) is 108 Å². The summed E-state index contributed by atoms with van der Waals surface area (Å²) in [5.74, 6) is 3.18. The summed E-state index contributed by atoms with van der Waals surface area (Å²) in [6, 6.07) is 12.8. The molecule has 0 amide bonds.